The SMILES string of the molecule is CCCC=C1OC(=O)N(CCCCCc2cccc3nccn23)C1=O.Cl. The molecule has 140 valence electrons. The van der Waals surface area contributed by atoms with E-state index in [0.29, 0.717) is 6.54 Å². The second-order valence-electron chi connectivity index (χ2n) is 6.17. The van der Waals surface area contributed by atoms with Gasteiger partial charge in [-0.05, 0) is 43.9 Å². The minimum Gasteiger partial charge on any atom is -0.404 e. The average Bonchev–Trinajstić information content (AvgIpc) is 3.19. The summed E-state index contributed by atoms with van der Waals surface area (Å²) in [7, 11) is 0. The molecule has 7 heteroatoms. The molecule has 0 unspecified atom stereocenters. The van der Waals surface area contributed by atoms with Gasteiger partial charge in [-0.1, -0.05) is 25.8 Å². The quantitative estimate of drug-likeness (QED) is 0.512. The first-order chi connectivity index (χ1) is 12.2. The lowest BCUT2D eigenvalue weighted by molar-refractivity contribution is -0.123. The van der Waals surface area contributed by atoms with Gasteiger partial charge in [0.25, 0.3) is 5.91 Å². The standard InChI is InChI=1S/C19H23N3O3.ClH/c1-2-3-10-16-18(23)22(19(24)25-16)13-6-4-5-8-15-9-7-11-17-20-12-14-21(15)17;/h7,9-12,14H,2-6,8,13H2,1H3;1H. The predicted molar refractivity (Wildman–Crippen MR) is 101 cm³/mol. The fraction of sp³-hybridized carbons (Fsp3) is 0.421. The van der Waals surface area contributed by atoms with Gasteiger partial charge in [-0.25, -0.2) is 14.7 Å². The molecule has 3 rings (SSSR count). The molecule has 2 amide bonds. The number of halogens is 1. The van der Waals surface area contributed by atoms with Crippen LogP contribution in [0.5, 0.6) is 0 Å². The summed E-state index contributed by atoms with van der Waals surface area (Å²) in [4.78, 5) is 29.4. The van der Waals surface area contributed by atoms with Crippen LogP contribution in [-0.2, 0) is 16.0 Å². The first kappa shape index (κ1) is 20.0. The van der Waals surface area contributed by atoms with Gasteiger partial charge < -0.3 is 9.14 Å². The molecule has 1 fully saturated rings. The molecule has 0 aliphatic carbocycles. The molecule has 0 bridgehead atoms. The number of ether oxygens (including phenoxy) is 1. The number of aromatic nitrogens is 2. The van der Waals surface area contributed by atoms with Gasteiger partial charge in [-0.3, -0.25) is 4.79 Å². The number of hydrogen-bond acceptors (Lipinski definition) is 4. The van der Waals surface area contributed by atoms with Gasteiger partial charge in [0.05, 0.1) is 0 Å². The Morgan fingerprint density at radius 3 is 2.85 bits per heavy atom. The van der Waals surface area contributed by atoms with Crippen LogP contribution in [-0.4, -0.2) is 32.8 Å². The summed E-state index contributed by atoms with van der Waals surface area (Å²) in [5, 5.41) is 0. The fourth-order valence-electron chi connectivity index (χ4n) is 2.97. The molecule has 1 aliphatic rings. The number of fused-ring (bicyclic) bond motifs is 1. The second kappa shape index (κ2) is 9.38. The van der Waals surface area contributed by atoms with Crippen LogP contribution >= 0.6 is 12.4 Å². The highest BCUT2D eigenvalue weighted by Crippen LogP contribution is 2.18. The Morgan fingerprint density at radius 2 is 2.04 bits per heavy atom. The highest BCUT2D eigenvalue weighted by Gasteiger charge is 2.35. The van der Waals surface area contributed by atoms with Crippen molar-refractivity contribution < 1.29 is 14.3 Å². The fourth-order valence-corrected chi connectivity index (χ4v) is 2.97. The highest BCUT2D eigenvalue weighted by molar-refractivity contribution is 6.07. The number of allylic oxidation sites excluding steroid dienone is 1. The molecule has 26 heavy (non-hydrogen) atoms. The number of nitrogens with zero attached hydrogens (tertiary/aromatic N) is 3. The Labute approximate surface area is 159 Å². The van der Waals surface area contributed by atoms with E-state index in [-0.39, 0.29) is 24.1 Å². The van der Waals surface area contributed by atoms with Crippen LogP contribution in [0, 0.1) is 0 Å². The summed E-state index contributed by atoms with van der Waals surface area (Å²) in [6.07, 6.45) is 10.2. The minimum absolute atomic E-state index is 0. The molecule has 1 saturated heterocycles. The van der Waals surface area contributed by atoms with Crippen molar-refractivity contribution in [2.75, 3.05) is 6.54 Å². The lowest BCUT2D eigenvalue weighted by atomic mass is 10.1. The maximum absolute atomic E-state index is 12.1. The largest absolute Gasteiger partial charge is 0.422 e. The van der Waals surface area contributed by atoms with Crippen LogP contribution in [0.4, 0.5) is 4.79 Å². The Morgan fingerprint density at radius 1 is 1.19 bits per heavy atom. The number of imide groups is 1. The summed E-state index contributed by atoms with van der Waals surface area (Å²) in [6.45, 7) is 2.43. The van der Waals surface area contributed by atoms with Crippen molar-refractivity contribution in [3.05, 3.63) is 48.1 Å². The number of cyclic esters (lactones) is 1. The molecule has 1 aliphatic heterocycles. The third kappa shape index (κ3) is 4.43. The van der Waals surface area contributed by atoms with Gasteiger partial charge in [-0.2, -0.15) is 0 Å². The topological polar surface area (TPSA) is 63.9 Å². The number of unbranched alkanes of at least 4 members (excludes halogenated alkanes) is 3. The molecule has 2 aromatic rings. The van der Waals surface area contributed by atoms with Gasteiger partial charge in [0.15, 0.2) is 5.76 Å². The van der Waals surface area contributed by atoms with E-state index in [0.717, 1.165) is 44.2 Å². The molecule has 0 N–H and O–H groups in total. The summed E-state index contributed by atoms with van der Waals surface area (Å²) in [5.41, 5.74) is 2.17. The Kier molecular flexibility index (Phi) is 7.21. The van der Waals surface area contributed by atoms with E-state index < -0.39 is 6.09 Å². The number of imidazole rings is 1. The van der Waals surface area contributed by atoms with Gasteiger partial charge in [0.2, 0.25) is 0 Å². The van der Waals surface area contributed by atoms with Gasteiger partial charge in [-0.15, -0.1) is 12.4 Å². The third-order valence-electron chi connectivity index (χ3n) is 4.32. The Bertz CT molecular complexity index is 800. The minimum atomic E-state index is -0.546. The number of rotatable bonds is 8. The van der Waals surface area contributed by atoms with Crippen molar-refractivity contribution in [2.24, 2.45) is 0 Å². The van der Waals surface area contributed by atoms with E-state index in [2.05, 4.69) is 15.5 Å². The molecular formula is C19H24ClN3O3. The van der Waals surface area contributed by atoms with Crippen LogP contribution in [0.1, 0.15) is 44.7 Å². The average molecular weight is 378 g/mol. The normalized spacial score (nSPS) is 15.6. The van der Waals surface area contributed by atoms with Crippen molar-refractivity contribution in [3.8, 4) is 0 Å². The van der Waals surface area contributed by atoms with Crippen LogP contribution < -0.4 is 0 Å². The molecule has 0 spiro atoms. The lowest BCUT2D eigenvalue weighted by Crippen LogP contribution is -2.29. The number of carbonyl (C=O) groups excluding carboxylic acids is 2. The first-order valence-corrected chi connectivity index (χ1v) is 8.85. The van der Waals surface area contributed by atoms with Crippen molar-refractivity contribution in [3.63, 3.8) is 0 Å². The molecule has 2 aromatic heterocycles. The zero-order chi connectivity index (χ0) is 17.6. The van der Waals surface area contributed by atoms with E-state index in [1.807, 2.05) is 25.3 Å². The molecule has 0 saturated carbocycles. The lowest BCUT2D eigenvalue weighted by Gasteiger charge is -2.10. The number of pyridine rings is 1. The molecular weight excluding hydrogens is 354 g/mol. The summed E-state index contributed by atoms with van der Waals surface area (Å²) < 4.78 is 7.13. The molecule has 0 aromatic carbocycles. The van der Waals surface area contributed by atoms with Crippen molar-refractivity contribution >= 4 is 30.1 Å². The van der Waals surface area contributed by atoms with E-state index in [4.69, 9.17) is 4.74 Å². The van der Waals surface area contributed by atoms with Crippen LogP contribution in [0.2, 0.25) is 0 Å². The van der Waals surface area contributed by atoms with Gasteiger partial charge in [0, 0.05) is 24.6 Å². The smallest absolute Gasteiger partial charge is 0.404 e. The van der Waals surface area contributed by atoms with Crippen LogP contribution in [0.3, 0.4) is 0 Å². The maximum atomic E-state index is 12.1. The van der Waals surface area contributed by atoms with Crippen LogP contribution in [0.25, 0.3) is 5.65 Å². The van der Waals surface area contributed by atoms with Gasteiger partial charge in [0.1, 0.15) is 5.65 Å². The molecule has 6 nitrogen and oxygen atoms in total. The van der Waals surface area contributed by atoms with Crippen LogP contribution in [0.15, 0.2) is 42.4 Å². The van der Waals surface area contributed by atoms with E-state index in [1.165, 1.54) is 10.6 Å². The Balaban J connectivity index is 0.00000243. The van der Waals surface area contributed by atoms with E-state index in [1.54, 1.807) is 12.3 Å². The Hall–Kier alpha value is -2.34. The highest BCUT2D eigenvalue weighted by atomic mass is 35.5. The van der Waals surface area contributed by atoms with E-state index in [9.17, 15) is 9.59 Å². The van der Waals surface area contributed by atoms with Crippen molar-refractivity contribution in [1.82, 2.24) is 14.3 Å². The molecule has 0 radical (unpaired) electrons. The third-order valence-corrected chi connectivity index (χ3v) is 4.32. The zero-order valence-electron chi connectivity index (χ0n) is 14.9. The summed E-state index contributed by atoms with van der Waals surface area (Å²) >= 11 is 0. The number of amides is 2. The van der Waals surface area contributed by atoms with Crippen molar-refractivity contribution in [2.45, 2.75) is 45.4 Å². The number of aryl methyl sites for hydroxylation is 1. The second-order valence-corrected chi connectivity index (χ2v) is 6.17. The summed E-state index contributed by atoms with van der Waals surface area (Å²) in [6, 6.07) is 6.10. The van der Waals surface area contributed by atoms with E-state index >= 15 is 0 Å². The summed E-state index contributed by atoms with van der Waals surface area (Å²) in [5.74, 6) is -0.125. The number of carbonyl (C=O) groups is 2. The molecule has 3 heterocycles. The van der Waals surface area contributed by atoms with Gasteiger partial charge >= 0.3 is 6.09 Å². The maximum Gasteiger partial charge on any atom is 0.422 e. The molecule has 0 atom stereocenters. The predicted octanol–water partition coefficient (Wildman–Crippen LogP) is 4.13. The zero-order valence-corrected chi connectivity index (χ0v) is 15.7. The van der Waals surface area contributed by atoms with Crippen molar-refractivity contribution in [1.29, 1.82) is 0 Å². The number of hydrogen-bond donors (Lipinski definition) is 0. The monoisotopic (exact) mass is 377 g/mol. The first-order valence-electron chi connectivity index (χ1n) is 8.85.